The number of nitrogens with one attached hydrogen (secondary N) is 1. The third-order valence-electron chi connectivity index (χ3n) is 2.94. The van der Waals surface area contributed by atoms with Crippen LogP contribution in [0.3, 0.4) is 0 Å². The average molecular weight is 285 g/mol. The largest absolute Gasteiger partial charge is 0.419 e. The molecule has 1 aromatic heterocycles. The number of rotatable bonds is 3. The van der Waals surface area contributed by atoms with Crippen molar-refractivity contribution in [3.8, 4) is 0 Å². The highest BCUT2D eigenvalue weighted by Gasteiger charge is 2.35. The minimum atomic E-state index is -4.46. The van der Waals surface area contributed by atoms with Crippen LogP contribution in [-0.4, -0.2) is 16.0 Å². The Kier molecular flexibility index (Phi) is 5.30. The van der Waals surface area contributed by atoms with Crippen LogP contribution in [0.4, 0.5) is 19.1 Å². The van der Waals surface area contributed by atoms with Crippen LogP contribution < -0.4 is 5.32 Å². The Bertz CT molecular complexity index is 479. The van der Waals surface area contributed by atoms with E-state index in [1.54, 1.807) is 0 Å². The van der Waals surface area contributed by atoms with Gasteiger partial charge in [0.1, 0.15) is 0 Å². The molecular weight excluding hydrogens is 267 g/mol. The second-order valence-electron chi connectivity index (χ2n) is 4.51. The lowest BCUT2D eigenvalue weighted by Gasteiger charge is -2.26. The molecule has 1 saturated carbocycles. The van der Waals surface area contributed by atoms with Gasteiger partial charge in [-0.2, -0.15) is 13.2 Å². The normalized spacial score (nSPS) is 14.8. The van der Waals surface area contributed by atoms with E-state index >= 15 is 0 Å². The molecule has 2 rings (SSSR count). The van der Waals surface area contributed by atoms with Crippen molar-refractivity contribution in [1.29, 1.82) is 0 Å². The van der Waals surface area contributed by atoms with E-state index in [1.807, 2.05) is 0 Å². The first-order valence-electron chi connectivity index (χ1n) is 6.24. The monoisotopic (exact) mass is 285 g/mol. The third-order valence-corrected chi connectivity index (χ3v) is 2.94. The summed E-state index contributed by atoms with van der Waals surface area (Å²) in [6, 6.07) is 0.278. The first-order chi connectivity index (χ1) is 9.38. The second kappa shape index (κ2) is 6.54. The summed E-state index contributed by atoms with van der Waals surface area (Å²) in [5.41, 5.74) is -0.699. The van der Waals surface area contributed by atoms with Gasteiger partial charge in [0.25, 0.3) is 0 Å². The van der Waals surface area contributed by atoms with Crippen molar-refractivity contribution in [2.24, 2.45) is 0 Å². The average Bonchev–Trinajstić information content (AvgIpc) is 2.35. The van der Waals surface area contributed by atoms with Crippen molar-refractivity contribution < 1.29 is 13.2 Å². The number of aromatic nitrogens is 2. The first-order valence-corrected chi connectivity index (χ1v) is 6.24. The van der Waals surface area contributed by atoms with Crippen molar-refractivity contribution in [2.75, 3.05) is 5.32 Å². The zero-order valence-electron chi connectivity index (χ0n) is 11.4. The molecule has 0 spiro atoms. The van der Waals surface area contributed by atoms with Crippen LogP contribution in [0.5, 0.6) is 0 Å². The molecule has 0 radical (unpaired) electrons. The number of nitrogens with zero attached hydrogens (tertiary/aromatic N) is 2. The molecule has 1 fully saturated rings. The number of alkyl halides is 3. The van der Waals surface area contributed by atoms with Crippen molar-refractivity contribution in [3.05, 3.63) is 37.2 Å². The summed E-state index contributed by atoms with van der Waals surface area (Å²) in [7, 11) is 0. The van der Waals surface area contributed by atoms with Crippen LogP contribution in [0, 0.1) is 0 Å². The SMILES string of the molecule is C=C.C=C(C)c1nc(NC2CCC2)ncc1C(F)(F)F. The minimum absolute atomic E-state index is 0.140. The fourth-order valence-corrected chi connectivity index (χ4v) is 1.72. The lowest BCUT2D eigenvalue weighted by Crippen LogP contribution is -2.28. The summed E-state index contributed by atoms with van der Waals surface area (Å²) in [5, 5.41) is 3.02. The number of hydrogen-bond acceptors (Lipinski definition) is 3. The van der Waals surface area contributed by atoms with Gasteiger partial charge in [0, 0.05) is 12.2 Å². The fraction of sp³-hybridized carbons (Fsp3) is 0.429. The predicted octanol–water partition coefficient (Wildman–Crippen LogP) is 4.30. The summed E-state index contributed by atoms with van der Waals surface area (Å²) in [6.07, 6.45) is -0.494. The molecule has 6 heteroatoms. The van der Waals surface area contributed by atoms with Gasteiger partial charge in [0.15, 0.2) is 0 Å². The molecule has 0 atom stereocenters. The number of allylic oxidation sites excluding steroid dienone is 1. The summed E-state index contributed by atoms with van der Waals surface area (Å²) >= 11 is 0. The van der Waals surface area contributed by atoms with Crippen LogP contribution in [0.2, 0.25) is 0 Å². The summed E-state index contributed by atoms with van der Waals surface area (Å²) < 4.78 is 38.2. The molecule has 1 aliphatic carbocycles. The maximum Gasteiger partial charge on any atom is 0.419 e. The molecule has 110 valence electrons. The Hall–Kier alpha value is -1.85. The van der Waals surface area contributed by atoms with Crippen molar-refractivity contribution in [1.82, 2.24) is 9.97 Å². The van der Waals surface area contributed by atoms with Crippen LogP contribution in [0.1, 0.15) is 37.4 Å². The molecule has 20 heavy (non-hydrogen) atoms. The zero-order chi connectivity index (χ0) is 15.3. The second-order valence-corrected chi connectivity index (χ2v) is 4.51. The Morgan fingerprint density at radius 2 is 1.95 bits per heavy atom. The van der Waals surface area contributed by atoms with Gasteiger partial charge in [-0.3, -0.25) is 0 Å². The standard InChI is InChI=1S/C12H14F3N3.C2H4/c1-7(2)10-9(12(13,14)15)6-16-11(18-10)17-8-4-3-5-8;1-2/h6,8H,1,3-5H2,2H3,(H,16,17,18);1-2H2. The van der Waals surface area contributed by atoms with Crippen molar-refractivity contribution in [3.63, 3.8) is 0 Å². The summed E-state index contributed by atoms with van der Waals surface area (Å²) in [6.45, 7) is 11.0. The quantitative estimate of drug-likeness (QED) is 0.842. The fourth-order valence-electron chi connectivity index (χ4n) is 1.72. The highest BCUT2D eigenvalue weighted by molar-refractivity contribution is 5.62. The predicted molar refractivity (Wildman–Crippen MR) is 74.3 cm³/mol. The van der Waals surface area contributed by atoms with Gasteiger partial charge in [-0.25, -0.2) is 9.97 Å². The molecule has 0 amide bonds. The number of anilines is 1. The Balaban J connectivity index is 0.000000956. The van der Waals surface area contributed by atoms with Gasteiger partial charge in [0.05, 0.1) is 11.3 Å². The van der Waals surface area contributed by atoms with Gasteiger partial charge in [-0.1, -0.05) is 6.58 Å². The van der Waals surface area contributed by atoms with Gasteiger partial charge in [0.2, 0.25) is 5.95 Å². The zero-order valence-corrected chi connectivity index (χ0v) is 11.4. The topological polar surface area (TPSA) is 37.8 Å². The maximum atomic E-state index is 12.7. The Morgan fingerprint density at radius 3 is 2.35 bits per heavy atom. The Morgan fingerprint density at radius 1 is 1.35 bits per heavy atom. The van der Waals surface area contributed by atoms with Gasteiger partial charge in [-0.15, -0.1) is 13.2 Å². The van der Waals surface area contributed by atoms with Gasteiger partial charge < -0.3 is 5.32 Å². The van der Waals surface area contributed by atoms with Crippen LogP contribution in [-0.2, 0) is 6.18 Å². The van der Waals surface area contributed by atoms with E-state index in [1.165, 1.54) is 6.92 Å². The molecule has 0 bridgehead atoms. The maximum absolute atomic E-state index is 12.7. The number of halogens is 3. The smallest absolute Gasteiger partial charge is 0.351 e. The highest BCUT2D eigenvalue weighted by atomic mass is 19.4. The molecular formula is C14H18F3N3. The van der Waals surface area contributed by atoms with Crippen LogP contribution in [0.25, 0.3) is 5.57 Å². The molecule has 1 aliphatic rings. The van der Waals surface area contributed by atoms with E-state index in [0.29, 0.717) is 0 Å². The molecule has 0 saturated heterocycles. The van der Waals surface area contributed by atoms with E-state index in [9.17, 15) is 13.2 Å². The first kappa shape index (κ1) is 16.2. The summed E-state index contributed by atoms with van der Waals surface area (Å²) in [5.74, 6) is 0.241. The molecule has 0 aromatic carbocycles. The molecule has 0 aliphatic heterocycles. The minimum Gasteiger partial charge on any atom is -0.351 e. The lowest BCUT2D eigenvalue weighted by molar-refractivity contribution is -0.138. The van der Waals surface area contributed by atoms with E-state index in [0.717, 1.165) is 25.5 Å². The van der Waals surface area contributed by atoms with E-state index in [2.05, 4.69) is 35.0 Å². The van der Waals surface area contributed by atoms with Gasteiger partial charge in [-0.05, 0) is 31.8 Å². The highest BCUT2D eigenvalue weighted by Crippen LogP contribution is 2.33. The molecule has 3 nitrogen and oxygen atoms in total. The molecule has 1 heterocycles. The lowest BCUT2D eigenvalue weighted by atomic mass is 9.93. The van der Waals surface area contributed by atoms with Crippen molar-refractivity contribution >= 4 is 11.5 Å². The molecule has 0 unspecified atom stereocenters. The van der Waals surface area contributed by atoms with Gasteiger partial charge >= 0.3 is 6.18 Å². The molecule has 1 N–H and O–H groups in total. The van der Waals surface area contributed by atoms with Crippen LogP contribution in [0.15, 0.2) is 25.9 Å². The number of hydrogen-bond donors (Lipinski definition) is 1. The van der Waals surface area contributed by atoms with Crippen molar-refractivity contribution in [2.45, 2.75) is 38.4 Å². The third kappa shape index (κ3) is 3.82. The van der Waals surface area contributed by atoms with E-state index < -0.39 is 11.7 Å². The summed E-state index contributed by atoms with van der Waals surface area (Å²) in [4.78, 5) is 7.65. The molecule has 1 aromatic rings. The van der Waals surface area contributed by atoms with E-state index in [4.69, 9.17) is 0 Å². The van der Waals surface area contributed by atoms with Crippen LogP contribution >= 0.6 is 0 Å². The Labute approximate surface area is 116 Å². The van der Waals surface area contributed by atoms with E-state index in [-0.39, 0.29) is 23.3 Å².